The molecule has 0 aliphatic heterocycles. The summed E-state index contributed by atoms with van der Waals surface area (Å²) < 4.78 is 1.68. The molecule has 0 aliphatic carbocycles. The molecule has 0 radical (unpaired) electrons. The molecule has 2 atom stereocenters. The summed E-state index contributed by atoms with van der Waals surface area (Å²) >= 11 is 0. The monoisotopic (exact) mass is 323 g/mol. The standard InChI is InChI=1S/C15H21N5O.ClH/c1-3-11(2)14(16)15(21)18-8-12-4-6-13(7-5-12)20-10-17-9-19-20;/h4-7,9-11,14H,3,8,16H2,1-2H3,(H,18,21);1H. The highest BCUT2D eigenvalue weighted by Crippen LogP contribution is 2.09. The van der Waals surface area contributed by atoms with E-state index < -0.39 is 6.04 Å². The molecule has 3 N–H and O–H groups in total. The van der Waals surface area contributed by atoms with Crippen LogP contribution in [0.15, 0.2) is 36.9 Å². The Labute approximate surface area is 136 Å². The van der Waals surface area contributed by atoms with Gasteiger partial charge in [0, 0.05) is 6.54 Å². The first kappa shape index (κ1) is 18.1. The van der Waals surface area contributed by atoms with E-state index in [-0.39, 0.29) is 24.2 Å². The number of aromatic nitrogens is 3. The lowest BCUT2D eigenvalue weighted by Gasteiger charge is -2.17. The van der Waals surface area contributed by atoms with Gasteiger partial charge >= 0.3 is 0 Å². The van der Waals surface area contributed by atoms with Gasteiger partial charge in [0.2, 0.25) is 5.91 Å². The molecule has 2 rings (SSSR count). The van der Waals surface area contributed by atoms with Crippen molar-refractivity contribution in [2.45, 2.75) is 32.9 Å². The minimum Gasteiger partial charge on any atom is -0.351 e. The van der Waals surface area contributed by atoms with Crippen LogP contribution in [0.25, 0.3) is 5.69 Å². The normalized spacial score (nSPS) is 13.0. The molecule has 1 heterocycles. The molecule has 7 heteroatoms. The number of benzene rings is 1. The molecule has 120 valence electrons. The van der Waals surface area contributed by atoms with Crippen LogP contribution >= 0.6 is 12.4 Å². The van der Waals surface area contributed by atoms with Gasteiger partial charge in [-0.15, -0.1) is 12.4 Å². The molecule has 0 spiro atoms. The molecule has 1 aromatic carbocycles. The molecule has 2 unspecified atom stereocenters. The summed E-state index contributed by atoms with van der Waals surface area (Å²) in [6, 6.07) is 7.32. The van der Waals surface area contributed by atoms with E-state index in [4.69, 9.17) is 5.73 Å². The van der Waals surface area contributed by atoms with E-state index in [0.717, 1.165) is 17.7 Å². The Hall–Kier alpha value is -1.92. The Morgan fingerprint density at radius 2 is 2.05 bits per heavy atom. The van der Waals surface area contributed by atoms with Crippen LogP contribution in [0.3, 0.4) is 0 Å². The molecule has 0 aliphatic rings. The Kier molecular flexibility index (Phi) is 7.01. The number of nitrogens with zero attached hydrogens (tertiary/aromatic N) is 3. The summed E-state index contributed by atoms with van der Waals surface area (Å²) in [5.41, 5.74) is 7.84. The smallest absolute Gasteiger partial charge is 0.237 e. The Morgan fingerprint density at radius 1 is 1.36 bits per heavy atom. The largest absolute Gasteiger partial charge is 0.351 e. The van der Waals surface area contributed by atoms with Crippen molar-refractivity contribution in [2.75, 3.05) is 0 Å². The fourth-order valence-electron chi connectivity index (χ4n) is 1.93. The van der Waals surface area contributed by atoms with E-state index in [0.29, 0.717) is 6.54 Å². The fourth-order valence-corrected chi connectivity index (χ4v) is 1.93. The van der Waals surface area contributed by atoms with Gasteiger partial charge in [-0.25, -0.2) is 9.67 Å². The predicted octanol–water partition coefficient (Wildman–Crippen LogP) is 1.68. The van der Waals surface area contributed by atoms with Gasteiger partial charge in [-0.3, -0.25) is 4.79 Å². The van der Waals surface area contributed by atoms with Crippen LogP contribution in [0, 0.1) is 5.92 Å². The van der Waals surface area contributed by atoms with Crippen molar-refractivity contribution in [1.29, 1.82) is 0 Å². The van der Waals surface area contributed by atoms with Crippen LogP contribution in [-0.4, -0.2) is 26.7 Å². The lowest BCUT2D eigenvalue weighted by Crippen LogP contribution is -2.44. The Morgan fingerprint density at radius 3 is 2.59 bits per heavy atom. The van der Waals surface area contributed by atoms with Gasteiger partial charge in [-0.1, -0.05) is 32.4 Å². The maximum absolute atomic E-state index is 11.9. The van der Waals surface area contributed by atoms with Gasteiger partial charge in [-0.05, 0) is 23.6 Å². The van der Waals surface area contributed by atoms with Gasteiger partial charge in [0.05, 0.1) is 11.7 Å². The van der Waals surface area contributed by atoms with Crippen molar-refractivity contribution in [3.63, 3.8) is 0 Å². The van der Waals surface area contributed by atoms with E-state index in [1.807, 2.05) is 38.1 Å². The quantitative estimate of drug-likeness (QED) is 0.847. The van der Waals surface area contributed by atoms with Crippen LogP contribution in [0.2, 0.25) is 0 Å². The number of carbonyl (C=O) groups is 1. The van der Waals surface area contributed by atoms with Crippen LogP contribution in [0.4, 0.5) is 0 Å². The third kappa shape index (κ3) is 4.54. The first-order valence-electron chi connectivity index (χ1n) is 7.09. The SMILES string of the molecule is CCC(C)C(N)C(=O)NCc1ccc(-n2cncn2)cc1.Cl. The number of halogens is 1. The van der Waals surface area contributed by atoms with Gasteiger partial charge < -0.3 is 11.1 Å². The van der Waals surface area contributed by atoms with Crippen LogP contribution in [0.1, 0.15) is 25.8 Å². The Balaban J connectivity index is 0.00000242. The van der Waals surface area contributed by atoms with Gasteiger partial charge in [-0.2, -0.15) is 5.10 Å². The third-order valence-corrected chi connectivity index (χ3v) is 3.65. The second kappa shape index (κ2) is 8.51. The summed E-state index contributed by atoms with van der Waals surface area (Å²) in [4.78, 5) is 15.8. The third-order valence-electron chi connectivity index (χ3n) is 3.65. The molecule has 0 saturated heterocycles. The maximum atomic E-state index is 11.9. The average molecular weight is 324 g/mol. The summed E-state index contributed by atoms with van der Waals surface area (Å²) in [6.07, 6.45) is 4.02. The number of hydrogen-bond acceptors (Lipinski definition) is 4. The van der Waals surface area contributed by atoms with Crippen LogP contribution < -0.4 is 11.1 Å². The molecular weight excluding hydrogens is 302 g/mol. The summed E-state index contributed by atoms with van der Waals surface area (Å²) in [7, 11) is 0. The van der Waals surface area contributed by atoms with E-state index >= 15 is 0 Å². The second-order valence-electron chi connectivity index (χ2n) is 5.14. The van der Waals surface area contributed by atoms with E-state index in [1.165, 1.54) is 6.33 Å². The zero-order chi connectivity index (χ0) is 15.2. The molecule has 1 aromatic heterocycles. The minimum atomic E-state index is -0.454. The van der Waals surface area contributed by atoms with E-state index in [1.54, 1.807) is 11.0 Å². The lowest BCUT2D eigenvalue weighted by atomic mass is 9.99. The van der Waals surface area contributed by atoms with E-state index in [9.17, 15) is 4.79 Å². The first-order valence-corrected chi connectivity index (χ1v) is 7.09. The molecule has 2 aromatic rings. The summed E-state index contributed by atoms with van der Waals surface area (Å²) in [6.45, 7) is 4.48. The van der Waals surface area contributed by atoms with Crippen LogP contribution in [-0.2, 0) is 11.3 Å². The zero-order valence-corrected chi connectivity index (χ0v) is 13.6. The van der Waals surface area contributed by atoms with Crippen molar-refractivity contribution in [3.05, 3.63) is 42.5 Å². The Bertz CT molecular complexity index is 570. The maximum Gasteiger partial charge on any atom is 0.237 e. The predicted molar refractivity (Wildman–Crippen MR) is 87.9 cm³/mol. The number of hydrogen-bond donors (Lipinski definition) is 2. The minimum absolute atomic E-state index is 0. The fraction of sp³-hybridized carbons (Fsp3) is 0.400. The molecular formula is C15H22ClN5O. The molecule has 6 nitrogen and oxygen atoms in total. The molecule has 0 saturated carbocycles. The molecule has 1 amide bonds. The van der Waals surface area contributed by atoms with Crippen molar-refractivity contribution in [3.8, 4) is 5.69 Å². The van der Waals surface area contributed by atoms with Gasteiger partial charge in [0.25, 0.3) is 0 Å². The highest BCUT2D eigenvalue weighted by atomic mass is 35.5. The second-order valence-corrected chi connectivity index (χ2v) is 5.14. The highest BCUT2D eigenvalue weighted by molar-refractivity contribution is 5.85. The zero-order valence-electron chi connectivity index (χ0n) is 12.8. The van der Waals surface area contributed by atoms with Crippen molar-refractivity contribution in [1.82, 2.24) is 20.1 Å². The van der Waals surface area contributed by atoms with Gasteiger partial charge in [0.1, 0.15) is 12.7 Å². The summed E-state index contributed by atoms with van der Waals surface area (Å²) in [5, 5.41) is 6.93. The average Bonchev–Trinajstić information content (AvgIpc) is 3.06. The molecule has 22 heavy (non-hydrogen) atoms. The van der Waals surface area contributed by atoms with Crippen LogP contribution in [0.5, 0.6) is 0 Å². The first-order chi connectivity index (χ1) is 10.1. The van der Waals surface area contributed by atoms with Crippen molar-refractivity contribution < 1.29 is 4.79 Å². The molecule has 0 bridgehead atoms. The topological polar surface area (TPSA) is 85.8 Å². The van der Waals surface area contributed by atoms with Gasteiger partial charge in [0.15, 0.2) is 0 Å². The lowest BCUT2D eigenvalue weighted by molar-refractivity contribution is -0.123. The number of carbonyl (C=O) groups excluding carboxylic acids is 1. The van der Waals surface area contributed by atoms with Crippen molar-refractivity contribution >= 4 is 18.3 Å². The van der Waals surface area contributed by atoms with E-state index in [2.05, 4.69) is 15.4 Å². The molecule has 0 fully saturated rings. The highest BCUT2D eigenvalue weighted by Gasteiger charge is 2.18. The number of nitrogens with two attached hydrogens (primary N) is 1. The number of rotatable bonds is 6. The number of amides is 1. The summed E-state index contributed by atoms with van der Waals surface area (Å²) in [5.74, 6) is 0.0735. The number of nitrogens with one attached hydrogen (secondary N) is 1. The van der Waals surface area contributed by atoms with Crippen molar-refractivity contribution in [2.24, 2.45) is 11.7 Å².